The van der Waals surface area contributed by atoms with Gasteiger partial charge in [-0.2, -0.15) is 4.98 Å². The Bertz CT molecular complexity index is 1530. The molecule has 1 aliphatic rings. The Morgan fingerprint density at radius 3 is 2.64 bits per heavy atom. The lowest BCUT2D eigenvalue weighted by molar-refractivity contribution is -0.139. The Balaban J connectivity index is 1.48. The summed E-state index contributed by atoms with van der Waals surface area (Å²) in [7, 11) is 0. The number of aromatic nitrogens is 4. The van der Waals surface area contributed by atoms with E-state index in [1.165, 1.54) is 6.33 Å². The SMILES string of the molecule is CC(C)(CCOc1ccc(-c2nc3c(OC4(C)CC4)ncnc3n2Cc2cccc(Cl)c2)c(Cl)c1)CC(=O)O. The highest BCUT2D eigenvalue weighted by molar-refractivity contribution is 6.33. The average Bonchev–Trinajstić information content (AvgIpc) is 3.46. The Hall–Kier alpha value is -3.36. The van der Waals surface area contributed by atoms with Gasteiger partial charge < -0.3 is 19.1 Å². The number of carboxylic acids is 1. The molecule has 1 saturated carbocycles. The fraction of sp³-hybridized carbons (Fsp3) is 0.379. The highest BCUT2D eigenvalue weighted by Crippen LogP contribution is 2.41. The van der Waals surface area contributed by atoms with Gasteiger partial charge in [-0.25, -0.2) is 9.97 Å². The smallest absolute Gasteiger partial charge is 0.303 e. The molecule has 0 unspecified atom stereocenters. The zero-order valence-corrected chi connectivity index (χ0v) is 23.6. The zero-order valence-electron chi connectivity index (χ0n) is 22.1. The van der Waals surface area contributed by atoms with Crippen LogP contribution in [0.25, 0.3) is 22.6 Å². The number of nitrogens with zero attached hydrogens (tertiary/aromatic N) is 4. The third kappa shape index (κ3) is 6.45. The molecule has 1 fully saturated rings. The van der Waals surface area contributed by atoms with E-state index < -0.39 is 5.97 Å². The van der Waals surface area contributed by atoms with E-state index in [4.69, 9.17) is 42.8 Å². The maximum Gasteiger partial charge on any atom is 0.303 e. The van der Waals surface area contributed by atoms with Crippen LogP contribution in [-0.2, 0) is 11.3 Å². The number of carbonyl (C=O) groups is 1. The molecule has 0 radical (unpaired) electrons. The molecule has 2 heterocycles. The fourth-order valence-electron chi connectivity index (χ4n) is 4.39. The number of imidazole rings is 1. The van der Waals surface area contributed by atoms with Crippen LogP contribution < -0.4 is 9.47 Å². The van der Waals surface area contributed by atoms with Crippen LogP contribution >= 0.6 is 23.2 Å². The number of hydrogen-bond acceptors (Lipinski definition) is 6. The number of benzene rings is 2. The van der Waals surface area contributed by atoms with Gasteiger partial charge in [0.1, 0.15) is 23.5 Å². The first-order valence-electron chi connectivity index (χ1n) is 12.8. The van der Waals surface area contributed by atoms with Crippen LogP contribution in [0.5, 0.6) is 11.6 Å². The van der Waals surface area contributed by atoms with Crippen molar-refractivity contribution in [3.8, 4) is 23.0 Å². The second-order valence-corrected chi connectivity index (χ2v) is 11.9. The van der Waals surface area contributed by atoms with Gasteiger partial charge in [-0.05, 0) is 67.5 Å². The molecule has 1 N–H and O–H groups in total. The Labute approximate surface area is 236 Å². The third-order valence-electron chi connectivity index (χ3n) is 6.88. The highest BCUT2D eigenvalue weighted by atomic mass is 35.5. The molecule has 0 spiro atoms. The molecule has 1 aliphatic carbocycles. The molecule has 5 rings (SSSR count). The number of fused-ring (bicyclic) bond motifs is 1. The summed E-state index contributed by atoms with van der Waals surface area (Å²) in [5.74, 6) is 0.844. The molecule has 4 aromatic rings. The molecular weight excluding hydrogens is 539 g/mol. The minimum Gasteiger partial charge on any atom is -0.494 e. The van der Waals surface area contributed by atoms with Crippen LogP contribution in [0, 0.1) is 5.41 Å². The molecule has 0 atom stereocenters. The van der Waals surface area contributed by atoms with Crippen LogP contribution in [0.2, 0.25) is 10.0 Å². The minimum atomic E-state index is -0.822. The summed E-state index contributed by atoms with van der Waals surface area (Å²) >= 11 is 13.1. The summed E-state index contributed by atoms with van der Waals surface area (Å²) in [5.41, 5.74) is 2.29. The van der Waals surface area contributed by atoms with Gasteiger partial charge in [0.05, 0.1) is 24.6 Å². The lowest BCUT2D eigenvalue weighted by atomic mass is 9.86. The number of hydrogen-bond donors (Lipinski definition) is 1. The van der Waals surface area contributed by atoms with E-state index in [0.717, 1.165) is 18.4 Å². The third-order valence-corrected chi connectivity index (χ3v) is 7.43. The lowest BCUT2D eigenvalue weighted by Gasteiger charge is -2.22. The van der Waals surface area contributed by atoms with Crippen molar-refractivity contribution in [3.05, 3.63) is 64.4 Å². The van der Waals surface area contributed by atoms with Gasteiger partial charge in [0, 0.05) is 10.6 Å². The summed E-state index contributed by atoms with van der Waals surface area (Å²) < 4.78 is 14.1. The molecule has 204 valence electrons. The van der Waals surface area contributed by atoms with E-state index in [-0.39, 0.29) is 17.4 Å². The van der Waals surface area contributed by atoms with Gasteiger partial charge in [-0.15, -0.1) is 0 Å². The van der Waals surface area contributed by atoms with Crippen LogP contribution in [-0.4, -0.2) is 42.8 Å². The summed E-state index contributed by atoms with van der Waals surface area (Å²) in [6.45, 7) is 6.72. The standard InChI is InChI=1S/C29H30Cl2N4O4/c1-28(2,15-23(36)37)11-12-38-20-7-8-21(22(31)14-20)25-34-24-26(32-17-33-27(24)39-29(3)9-10-29)35(25)16-18-5-4-6-19(30)13-18/h4-8,13-14,17H,9-12,15-16H2,1-3H3,(H,36,37). The molecule has 0 bridgehead atoms. The van der Waals surface area contributed by atoms with Gasteiger partial charge in [-0.3, -0.25) is 4.79 Å². The number of aliphatic carboxylic acids is 1. The second kappa shape index (κ2) is 10.7. The molecule has 8 nitrogen and oxygen atoms in total. The van der Waals surface area contributed by atoms with E-state index in [2.05, 4.69) is 16.9 Å². The number of rotatable bonds is 11. The Morgan fingerprint density at radius 1 is 1.15 bits per heavy atom. The number of carboxylic acid groups (broad SMARTS) is 1. The first kappa shape index (κ1) is 27.2. The Morgan fingerprint density at radius 2 is 1.95 bits per heavy atom. The van der Waals surface area contributed by atoms with Crippen LogP contribution in [0.15, 0.2) is 48.8 Å². The monoisotopic (exact) mass is 568 g/mol. The van der Waals surface area contributed by atoms with E-state index in [1.807, 2.05) is 54.8 Å². The van der Waals surface area contributed by atoms with Crippen LogP contribution in [0.4, 0.5) is 0 Å². The van der Waals surface area contributed by atoms with Crippen molar-refractivity contribution in [2.75, 3.05) is 6.61 Å². The predicted octanol–water partition coefficient (Wildman–Crippen LogP) is 7.05. The maximum atomic E-state index is 11.1. The van der Waals surface area contributed by atoms with Gasteiger partial charge in [0.15, 0.2) is 11.2 Å². The number of ether oxygens (including phenoxy) is 2. The molecule has 2 aromatic heterocycles. The molecule has 2 aromatic carbocycles. The first-order valence-corrected chi connectivity index (χ1v) is 13.6. The summed E-state index contributed by atoms with van der Waals surface area (Å²) in [4.78, 5) is 25.0. The molecule has 0 aliphatic heterocycles. The van der Waals surface area contributed by atoms with Crippen LogP contribution in [0.3, 0.4) is 0 Å². The van der Waals surface area contributed by atoms with E-state index in [1.54, 1.807) is 6.07 Å². The van der Waals surface area contributed by atoms with Gasteiger partial charge in [0.2, 0.25) is 5.88 Å². The second-order valence-electron chi connectivity index (χ2n) is 11.0. The topological polar surface area (TPSA) is 99.4 Å². The summed E-state index contributed by atoms with van der Waals surface area (Å²) in [6.07, 6.45) is 4.10. The average molecular weight is 569 g/mol. The molecule has 10 heteroatoms. The molecular formula is C29H30Cl2N4O4. The predicted molar refractivity (Wildman–Crippen MR) is 151 cm³/mol. The van der Waals surface area contributed by atoms with Crippen molar-refractivity contribution >= 4 is 40.3 Å². The maximum absolute atomic E-state index is 11.1. The van der Waals surface area contributed by atoms with E-state index >= 15 is 0 Å². The van der Waals surface area contributed by atoms with Crippen molar-refractivity contribution < 1.29 is 19.4 Å². The summed E-state index contributed by atoms with van der Waals surface area (Å²) in [5, 5.41) is 10.2. The molecule has 0 amide bonds. The lowest BCUT2D eigenvalue weighted by Crippen LogP contribution is -2.19. The molecule has 39 heavy (non-hydrogen) atoms. The largest absolute Gasteiger partial charge is 0.494 e. The number of halogens is 2. The van der Waals surface area contributed by atoms with Gasteiger partial charge >= 0.3 is 5.97 Å². The Kier molecular flexibility index (Phi) is 7.44. The van der Waals surface area contributed by atoms with E-state index in [0.29, 0.717) is 63.8 Å². The quantitative estimate of drug-likeness (QED) is 0.207. The fourth-order valence-corrected chi connectivity index (χ4v) is 4.85. The van der Waals surface area contributed by atoms with Crippen molar-refractivity contribution in [2.45, 2.75) is 58.6 Å². The first-order chi connectivity index (χ1) is 18.5. The van der Waals surface area contributed by atoms with Gasteiger partial charge in [-0.1, -0.05) is 49.2 Å². The van der Waals surface area contributed by atoms with E-state index in [9.17, 15) is 4.79 Å². The molecule has 0 saturated heterocycles. The van der Waals surface area contributed by atoms with Gasteiger partial charge in [0.25, 0.3) is 0 Å². The summed E-state index contributed by atoms with van der Waals surface area (Å²) in [6, 6.07) is 13.1. The highest BCUT2D eigenvalue weighted by Gasteiger charge is 2.41. The van der Waals surface area contributed by atoms with Crippen molar-refractivity contribution in [3.63, 3.8) is 0 Å². The van der Waals surface area contributed by atoms with Crippen molar-refractivity contribution in [1.29, 1.82) is 0 Å². The van der Waals surface area contributed by atoms with Crippen molar-refractivity contribution in [1.82, 2.24) is 19.5 Å². The zero-order chi connectivity index (χ0) is 27.8. The van der Waals surface area contributed by atoms with Crippen molar-refractivity contribution in [2.24, 2.45) is 5.41 Å². The minimum absolute atomic E-state index is 0.0760. The van der Waals surface area contributed by atoms with Crippen LogP contribution in [0.1, 0.15) is 52.0 Å². The normalized spacial score (nSPS) is 14.4.